The number of aliphatic hydroxyl groups excluding tert-OH is 1. The fourth-order valence-corrected chi connectivity index (χ4v) is 5.05. The van der Waals surface area contributed by atoms with Gasteiger partial charge in [-0.1, -0.05) is 103 Å². The number of benzene rings is 4. The zero-order valence-electron chi connectivity index (χ0n) is 24.3. The Bertz CT molecular complexity index is 1480. The summed E-state index contributed by atoms with van der Waals surface area (Å²) in [5.41, 5.74) is 5.27. The number of carbonyl (C=O) groups excluding carboxylic acids is 1. The molecule has 222 valence electrons. The van der Waals surface area contributed by atoms with Crippen molar-refractivity contribution in [2.45, 2.75) is 45.4 Å². The zero-order chi connectivity index (χ0) is 29.9. The molecular formula is C36H37NO6. The number of hydrogen-bond donors (Lipinski definition) is 1. The summed E-state index contributed by atoms with van der Waals surface area (Å²) in [7, 11) is 0. The molecule has 0 aliphatic carbocycles. The fraction of sp³-hybridized carbons (Fsp3) is 0.250. The quantitative estimate of drug-likeness (QED) is 0.192. The van der Waals surface area contributed by atoms with Crippen LogP contribution in [-0.4, -0.2) is 30.3 Å². The number of rotatable bonds is 12. The topological polar surface area (TPSA) is 77.5 Å². The fourth-order valence-electron chi connectivity index (χ4n) is 5.05. The number of carbonyl (C=O) groups is 1. The summed E-state index contributed by atoms with van der Waals surface area (Å²) in [6, 6.07) is 33.7. The molecule has 5 rings (SSSR count). The van der Waals surface area contributed by atoms with Crippen LogP contribution in [0.4, 0.5) is 5.69 Å². The van der Waals surface area contributed by atoms with Gasteiger partial charge in [-0.3, -0.25) is 4.79 Å². The molecule has 7 nitrogen and oxygen atoms in total. The van der Waals surface area contributed by atoms with E-state index in [-0.39, 0.29) is 13.2 Å². The molecule has 1 N–H and O–H groups in total. The molecule has 1 aliphatic heterocycles. The average Bonchev–Trinajstić information content (AvgIpc) is 3.02. The number of ether oxygens (including phenoxy) is 3. The molecule has 2 atom stereocenters. The highest BCUT2D eigenvalue weighted by Crippen LogP contribution is 2.41. The Kier molecular flexibility index (Phi) is 10.6. The second kappa shape index (κ2) is 15.2. The lowest BCUT2D eigenvalue weighted by molar-refractivity contribution is -0.142. The van der Waals surface area contributed by atoms with Crippen molar-refractivity contribution < 1.29 is 28.9 Å². The lowest BCUT2D eigenvalue weighted by Crippen LogP contribution is -2.32. The Morgan fingerprint density at radius 3 is 1.93 bits per heavy atom. The van der Waals surface area contributed by atoms with Gasteiger partial charge in [0.05, 0.1) is 44.8 Å². The van der Waals surface area contributed by atoms with Crippen molar-refractivity contribution in [3.05, 3.63) is 143 Å². The van der Waals surface area contributed by atoms with Crippen molar-refractivity contribution in [1.82, 2.24) is 0 Å². The monoisotopic (exact) mass is 579 g/mol. The van der Waals surface area contributed by atoms with Gasteiger partial charge in [-0.25, -0.2) is 5.06 Å². The van der Waals surface area contributed by atoms with E-state index in [0.29, 0.717) is 43.4 Å². The molecule has 4 aromatic rings. The zero-order valence-corrected chi connectivity index (χ0v) is 24.3. The maximum Gasteiger partial charge on any atom is 0.329 e. The van der Waals surface area contributed by atoms with Gasteiger partial charge in [0.15, 0.2) is 0 Å². The lowest BCUT2D eigenvalue weighted by Gasteiger charge is -2.33. The minimum atomic E-state index is -0.853. The molecule has 0 saturated carbocycles. The summed E-state index contributed by atoms with van der Waals surface area (Å²) in [6.45, 7) is 3.31. The standard InChI is InChI=1S/C36H37NO6/c1-27(38)43-37-19-11-18-34(39)32(26-41-23-29-14-7-3-8-15-29)36-33(37)20-31(24-40-22-28-12-5-2-6-13-28)21-35(36)42-25-30-16-9-4-10-17-30/h2-18,20-21,32,34,39H,19,22-26H2,1H3/b18-11-/t32-,34+/m1/s1. The first kappa shape index (κ1) is 30.0. The molecule has 0 fully saturated rings. The third-order valence-electron chi connectivity index (χ3n) is 7.10. The van der Waals surface area contributed by atoms with E-state index in [9.17, 15) is 9.90 Å². The van der Waals surface area contributed by atoms with Crippen LogP contribution >= 0.6 is 0 Å². The molecule has 0 spiro atoms. The molecule has 1 heterocycles. The van der Waals surface area contributed by atoms with E-state index >= 15 is 0 Å². The minimum absolute atomic E-state index is 0.215. The van der Waals surface area contributed by atoms with Gasteiger partial charge < -0.3 is 24.2 Å². The largest absolute Gasteiger partial charge is 0.489 e. The first-order valence-electron chi connectivity index (χ1n) is 14.4. The third kappa shape index (κ3) is 8.55. The highest BCUT2D eigenvalue weighted by Gasteiger charge is 2.31. The van der Waals surface area contributed by atoms with Gasteiger partial charge in [-0.05, 0) is 34.4 Å². The highest BCUT2D eigenvalue weighted by molar-refractivity contribution is 5.70. The van der Waals surface area contributed by atoms with Gasteiger partial charge >= 0.3 is 5.97 Å². The van der Waals surface area contributed by atoms with Crippen molar-refractivity contribution in [3.8, 4) is 5.75 Å². The number of hydroxylamine groups is 1. The third-order valence-corrected chi connectivity index (χ3v) is 7.10. The normalized spacial score (nSPS) is 16.9. The average molecular weight is 580 g/mol. The number of nitrogens with zero attached hydrogens (tertiary/aromatic N) is 1. The maximum atomic E-state index is 12.2. The molecule has 4 aromatic carbocycles. The van der Waals surface area contributed by atoms with Crippen LogP contribution in [0.5, 0.6) is 5.75 Å². The lowest BCUT2D eigenvalue weighted by atomic mass is 9.89. The van der Waals surface area contributed by atoms with Gasteiger partial charge in [-0.15, -0.1) is 0 Å². The van der Waals surface area contributed by atoms with Gasteiger partial charge in [0.25, 0.3) is 0 Å². The molecule has 0 radical (unpaired) electrons. The second-order valence-electron chi connectivity index (χ2n) is 10.4. The summed E-state index contributed by atoms with van der Waals surface area (Å²) in [5.74, 6) is -0.382. The molecule has 1 aliphatic rings. The van der Waals surface area contributed by atoms with Crippen LogP contribution in [-0.2, 0) is 45.5 Å². The predicted molar refractivity (Wildman–Crippen MR) is 165 cm³/mol. The first-order valence-corrected chi connectivity index (χ1v) is 14.4. The molecule has 0 bridgehead atoms. The van der Waals surface area contributed by atoms with E-state index in [4.69, 9.17) is 19.0 Å². The molecule has 0 amide bonds. The number of anilines is 1. The van der Waals surface area contributed by atoms with Gasteiger partial charge in [0.2, 0.25) is 0 Å². The Morgan fingerprint density at radius 1 is 0.767 bits per heavy atom. The van der Waals surface area contributed by atoms with Crippen molar-refractivity contribution in [1.29, 1.82) is 0 Å². The van der Waals surface area contributed by atoms with Crippen LogP contribution in [0.15, 0.2) is 115 Å². The summed E-state index contributed by atoms with van der Waals surface area (Å²) < 4.78 is 18.7. The van der Waals surface area contributed by atoms with Gasteiger partial charge in [-0.2, -0.15) is 0 Å². The number of fused-ring (bicyclic) bond motifs is 1. The molecule has 0 unspecified atom stereocenters. The van der Waals surface area contributed by atoms with Crippen LogP contribution in [0.3, 0.4) is 0 Å². The molecule has 7 heteroatoms. The van der Waals surface area contributed by atoms with Crippen LogP contribution in [0.25, 0.3) is 0 Å². The Hall–Kier alpha value is -4.43. The van der Waals surface area contributed by atoms with Crippen LogP contribution in [0, 0.1) is 0 Å². The summed E-state index contributed by atoms with van der Waals surface area (Å²) in [6.07, 6.45) is 2.66. The van der Waals surface area contributed by atoms with Crippen molar-refractivity contribution in [2.24, 2.45) is 0 Å². The summed E-state index contributed by atoms with van der Waals surface area (Å²) >= 11 is 0. The SMILES string of the molecule is CC(=O)ON1C/C=C\[C@H](O)[C@@H](COCc2ccccc2)c2c(OCc3ccccc3)cc(COCc3ccccc3)cc21. The smallest absolute Gasteiger partial charge is 0.329 e. The minimum Gasteiger partial charge on any atom is -0.489 e. The van der Waals surface area contributed by atoms with Crippen molar-refractivity contribution in [2.75, 3.05) is 18.2 Å². The first-order chi connectivity index (χ1) is 21.1. The summed E-state index contributed by atoms with van der Waals surface area (Å²) in [5, 5.41) is 12.9. The molecule has 43 heavy (non-hydrogen) atoms. The van der Waals surface area contributed by atoms with E-state index in [1.807, 2.05) is 103 Å². The number of hydrogen-bond acceptors (Lipinski definition) is 7. The molecule has 0 aromatic heterocycles. The van der Waals surface area contributed by atoms with Crippen LogP contribution in [0.1, 0.15) is 40.7 Å². The summed E-state index contributed by atoms with van der Waals surface area (Å²) in [4.78, 5) is 17.9. The van der Waals surface area contributed by atoms with Gasteiger partial charge in [0, 0.05) is 18.4 Å². The number of aliphatic hydroxyl groups is 1. The Morgan fingerprint density at radius 2 is 1.33 bits per heavy atom. The molecular weight excluding hydrogens is 542 g/mol. The second-order valence-corrected chi connectivity index (χ2v) is 10.4. The van der Waals surface area contributed by atoms with E-state index < -0.39 is 18.0 Å². The van der Waals surface area contributed by atoms with E-state index in [1.54, 1.807) is 17.2 Å². The Labute approximate surface area is 252 Å². The van der Waals surface area contributed by atoms with Crippen molar-refractivity contribution in [3.63, 3.8) is 0 Å². The van der Waals surface area contributed by atoms with Gasteiger partial charge in [0.1, 0.15) is 12.4 Å². The van der Waals surface area contributed by atoms with Crippen molar-refractivity contribution >= 4 is 11.7 Å². The van der Waals surface area contributed by atoms with Crippen LogP contribution in [0.2, 0.25) is 0 Å². The predicted octanol–water partition coefficient (Wildman–Crippen LogP) is 6.50. The maximum absolute atomic E-state index is 12.2. The Balaban J connectivity index is 1.50. The highest BCUT2D eigenvalue weighted by atomic mass is 16.7. The van der Waals surface area contributed by atoms with E-state index in [0.717, 1.165) is 22.3 Å². The van der Waals surface area contributed by atoms with E-state index in [1.165, 1.54) is 6.92 Å². The van der Waals surface area contributed by atoms with E-state index in [2.05, 4.69) is 0 Å². The van der Waals surface area contributed by atoms with Crippen LogP contribution < -0.4 is 9.80 Å². The molecule has 0 saturated heterocycles.